The Hall–Kier alpha value is -5.70. The minimum absolute atomic E-state index is 0.158. The molecule has 7 rings (SSSR count). The van der Waals surface area contributed by atoms with Gasteiger partial charge in [-0.25, -0.2) is 9.78 Å². The number of nitrogens with zero attached hydrogens (tertiary/aromatic N) is 2. The number of nitrogens with one attached hydrogen (secondary N) is 2. The Bertz CT molecular complexity index is 1820. The van der Waals surface area contributed by atoms with Gasteiger partial charge in [-0.2, -0.15) is 0 Å². The molecule has 232 valence electrons. The van der Waals surface area contributed by atoms with Gasteiger partial charge in [0.2, 0.25) is 5.91 Å². The third kappa shape index (κ3) is 6.99. The van der Waals surface area contributed by atoms with E-state index < -0.39 is 11.5 Å². The van der Waals surface area contributed by atoms with Crippen molar-refractivity contribution in [1.29, 1.82) is 0 Å². The van der Waals surface area contributed by atoms with Crippen LogP contribution in [0.15, 0.2) is 122 Å². The maximum atomic E-state index is 13.4. The van der Waals surface area contributed by atoms with E-state index in [0.717, 1.165) is 29.9 Å². The van der Waals surface area contributed by atoms with Crippen LogP contribution < -0.4 is 15.4 Å². The number of ether oxygens (including phenoxy) is 1. The number of imidazole rings is 1. The zero-order valence-electron chi connectivity index (χ0n) is 25.1. The van der Waals surface area contributed by atoms with E-state index in [2.05, 4.69) is 27.8 Å². The summed E-state index contributed by atoms with van der Waals surface area (Å²) >= 11 is 0. The molecule has 1 atom stereocenters. The fraction of sp³-hybridized carbons (Fsp3) is 0.189. The molecule has 9 heteroatoms. The predicted molar refractivity (Wildman–Crippen MR) is 173 cm³/mol. The summed E-state index contributed by atoms with van der Waals surface area (Å²) in [5.74, 6) is 0.192. The first-order chi connectivity index (χ1) is 22.4. The molecule has 1 aliphatic heterocycles. The molecule has 0 bridgehead atoms. The number of rotatable bonds is 8. The fourth-order valence-electron chi connectivity index (χ4n) is 5.44. The van der Waals surface area contributed by atoms with Crippen molar-refractivity contribution in [3.8, 4) is 11.4 Å². The molecule has 0 spiro atoms. The van der Waals surface area contributed by atoms with Crippen LogP contribution in [0.1, 0.15) is 63.0 Å². The number of aromatic carboxylic acids is 1. The molecule has 1 fully saturated rings. The van der Waals surface area contributed by atoms with Crippen molar-refractivity contribution in [2.45, 2.75) is 43.9 Å². The van der Waals surface area contributed by atoms with E-state index in [9.17, 15) is 14.4 Å². The fourth-order valence-corrected chi connectivity index (χ4v) is 5.44. The number of hydrogen-bond donors (Lipinski definition) is 3. The monoisotopic (exact) mass is 614 g/mol. The van der Waals surface area contributed by atoms with Gasteiger partial charge in [-0.3, -0.25) is 9.59 Å². The third-order valence-electron chi connectivity index (χ3n) is 8.16. The predicted octanol–water partition coefficient (Wildman–Crippen LogP) is 5.90. The summed E-state index contributed by atoms with van der Waals surface area (Å²) in [4.78, 5) is 41.1. The molecule has 9 nitrogen and oxygen atoms in total. The van der Waals surface area contributed by atoms with E-state index in [0.29, 0.717) is 36.3 Å². The molecule has 3 N–H and O–H groups in total. The summed E-state index contributed by atoms with van der Waals surface area (Å²) in [7, 11) is 0. The van der Waals surface area contributed by atoms with Gasteiger partial charge in [0.1, 0.15) is 23.7 Å². The molecule has 5 aromatic rings. The van der Waals surface area contributed by atoms with Crippen LogP contribution in [0, 0.1) is 0 Å². The van der Waals surface area contributed by atoms with Crippen molar-refractivity contribution in [1.82, 2.24) is 20.2 Å². The lowest BCUT2D eigenvalue weighted by Gasteiger charge is -2.22. The topological polar surface area (TPSA) is 123 Å². The molecule has 1 aliphatic carbocycles. The molecular formula is C37H34N4O5. The van der Waals surface area contributed by atoms with Crippen LogP contribution in [0.25, 0.3) is 5.69 Å². The lowest BCUT2D eigenvalue weighted by Crippen LogP contribution is -2.50. The molecule has 46 heavy (non-hydrogen) atoms. The van der Waals surface area contributed by atoms with Gasteiger partial charge >= 0.3 is 5.97 Å². The maximum absolute atomic E-state index is 13.4. The number of aryl methyl sites for hydroxylation is 1. The number of carbonyl (C=O) groups is 3. The summed E-state index contributed by atoms with van der Waals surface area (Å²) in [5, 5.41) is 14.5. The molecule has 0 unspecified atom stereocenters. The minimum Gasteiger partial charge on any atom is -0.489 e. The lowest BCUT2D eigenvalue weighted by molar-refractivity contribution is -0.124. The van der Waals surface area contributed by atoms with Crippen LogP contribution in [-0.2, 0) is 17.8 Å². The van der Waals surface area contributed by atoms with Crippen LogP contribution in [0.4, 0.5) is 0 Å². The second-order valence-electron chi connectivity index (χ2n) is 11.4. The van der Waals surface area contributed by atoms with Crippen molar-refractivity contribution in [3.05, 3.63) is 150 Å². The van der Waals surface area contributed by atoms with Crippen molar-refractivity contribution in [2.24, 2.45) is 0 Å². The van der Waals surface area contributed by atoms with Crippen molar-refractivity contribution in [3.63, 3.8) is 0 Å². The van der Waals surface area contributed by atoms with Crippen LogP contribution in [-0.4, -0.2) is 38.0 Å². The first-order valence-corrected chi connectivity index (χ1v) is 15.2. The standard InChI is InChI=1S/C30H28N4O3.C7H6O2/c35-28(23-10-13-24(14-11-23)37-20-21-6-2-1-3-7-21)33-30(16-17-30)29(36)32-25-15-12-22-8-4-5-9-26(22)34-19-18-31-27(25)34;8-7(9)6-4-2-1-3-5-6/h1-11,13-14,18-19,25H,12,15-17,20H2,(H,32,36)(H,33,35);1-5H,(H,8,9)/t25-;/m1./s1. The van der Waals surface area contributed by atoms with Crippen LogP contribution in [0.2, 0.25) is 0 Å². The third-order valence-corrected chi connectivity index (χ3v) is 8.16. The van der Waals surface area contributed by atoms with Gasteiger partial charge in [-0.05, 0) is 79.3 Å². The number of hydrogen-bond acceptors (Lipinski definition) is 5. The molecule has 0 radical (unpaired) electrons. The number of fused-ring (bicyclic) bond motifs is 3. The second-order valence-corrected chi connectivity index (χ2v) is 11.4. The highest BCUT2D eigenvalue weighted by atomic mass is 16.5. The Morgan fingerprint density at radius 3 is 2.20 bits per heavy atom. The summed E-state index contributed by atoms with van der Waals surface area (Å²) in [6.07, 6.45) is 6.50. The minimum atomic E-state index is -0.879. The zero-order chi connectivity index (χ0) is 31.9. The summed E-state index contributed by atoms with van der Waals surface area (Å²) in [5.41, 5.74) is 3.34. The highest BCUT2D eigenvalue weighted by molar-refractivity contribution is 6.00. The molecule has 2 amide bonds. The first-order valence-electron chi connectivity index (χ1n) is 15.2. The van der Waals surface area contributed by atoms with E-state index in [1.54, 1.807) is 60.8 Å². The highest BCUT2D eigenvalue weighted by Crippen LogP contribution is 2.37. The van der Waals surface area contributed by atoms with Crippen molar-refractivity contribution < 1.29 is 24.2 Å². The summed E-state index contributed by atoms with van der Waals surface area (Å²) < 4.78 is 7.86. The number of para-hydroxylation sites is 1. The Morgan fingerprint density at radius 1 is 0.848 bits per heavy atom. The van der Waals surface area contributed by atoms with E-state index in [4.69, 9.17) is 9.84 Å². The molecule has 0 saturated heterocycles. The Kier molecular flexibility index (Phi) is 8.91. The quantitative estimate of drug-likeness (QED) is 0.200. The largest absolute Gasteiger partial charge is 0.489 e. The highest BCUT2D eigenvalue weighted by Gasteiger charge is 2.52. The number of benzene rings is 4. The van der Waals surface area contributed by atoms with Crippen LogP contribution >= 0.6 is 0 Å². The van der Waals surface area contributed by atoms with E-state index in [1.807, 2.05) is 53.2 Å². The molecule has 4 aromatic carbocycles. The van der Waals surface area contributed by atoms with Gasteiger partial charge in [0.05, 0.1) is 11.6 Å². The first kappa shape index (κ1) is 30.3. The molecule has 1 saturated carbocycles. The molecule has 1 aromatic heterocycles. The van der Waals surface area contributed by atoms with Crippen LogP contribution in [0.5, 0.6) is 5.75 Å². The average Bonchev–Trinajstić information content (AvgIpc) is 3.75. The van der Waals surface area contributed by atoms with Gasteiger partial charge in [0, 0.05) is 23.6 Å². The Labute approximate surface area is 266 Å². The Morgan fingerprint density at radius 2 is 1.52 bits per heavy atom. The number of carboxylic acid groups (broad SMARTS) is 1. The van der Waals surface area contributed by atoms with Crippen LogP contribution in [0.3, 0.4) is 0 Å². The van der Waals surface area contributed by atoms with E-state index in [-0.39, 0.29) is 17.9 Å². The summed E-state index contributed by atoms with van der Waals surface area (Å²) in [6, 6.07) is 33.2. The average molecular weight is 615 g/mol. The van der Waals surface area contributed by atoms with Crippen molar-refractivity contribution >= 4 is 17.8 Å². The second kappa shape index (κ2) is 13.5. The molecule has 2 heterocycles. The van der Waals surface area contributed by atoms with E-state index in [1.165, 1.54) is 5.56 Å². The summed E-state index contributed by atoms with van der Waals surface area (Å²) in [6.45, 7) is 0.458. The van der Waals surface area contributed by atoms with Gasteiger partial charge < -0.3 is 25.0 Å². The normalized spacial score (nSPS) is 15.4. The van der Waals surface area contributed by atoms with E-state index >= 15 is 0 Å². The zero-order valence-corrected chi connectivity index (χ0v) is 25.1. The molecular weight excluding hydrogens is 580 g/mol. The number of aromatic nitrogens is 2. The number of carboxylic acids is 1. The van der Waals surface area contributed by atoms with Crippen molar-refractivity contribution in [2.75, 3.05) is 0 Å². The SMILES string of the molecule is O=C(NC1(C(=O)N[C@@H]2CCc3ccccc3-n3ccnc32)CC1)c1ccc(OCc2ccccc2)cc1.O=C(O)c1ccccc1. The lowest BCUT2D eigenvalue weighted by atomic mass is 10.0. The van der Waals surface area contributed by atoms with Gasteiger partial charge in [0.15, 0.2) is 0 Å². The maximum Gasteiger partial charge on any atom is 0.335 e. The number of carbonyl (C=O) groups excluding carboxylic acids is 2. The van der Waals surface area contributed by atoms with Gasteiger partial charge in [-0.15, -0.1) is 0 Å². The van der Waals surface area contributed by atoms with Gasteiger partial charge in [0.25, 0.3) is 5.91 Å². The van der Waals surface area contributed by atoms with Gasteiger partial charge in [-0.1, -0.05) is 66.7 Å². The smallest absolute Gasteiger partial charge is 0.335 e. The Balaban J connectivity index is 0.000000358. The number of amides is 2. The molecule has 2 aliphatic rings.